The number of rotatable bonds is 4. The molecule has 3 atom stereocenters. The lowest BCUT2D eigenvalue weighted by molar-refractivity contribution is 0.534. The molecule has 0 bridgehead atoms. The lowest BCUT2D eigenvalue weighted by atomic mass is 10.1. The molecule has 94 valence electrons. The SMILES string of the molecule is CCC1CC1NC(C)c1cc(F)c(Cl)cc1Cl. The van der Waals surface area contributed by atoms with E-state index in [1.165, 1.54) is 25.0 Å². The Morgan fingerprint density at radius 2 is 2.12 bits per heavy atom. The van der Waals surface area contributed by atoms with Gasteiger partial charge in [-0.1, -0.05) is 36.5 Å². The zero-order chi connectivity index (χ0) is 12.6. The van der Waals surface area contributed by atoms with Crippen LogP contribution in [0, 0.1) is 11.7 Å². The van der Waals surface area contributed by atoms with Crippen LogP contribution in [0.25, 0.3) is 0 Å². The summed E-state index contributed by atoms with van der Waals surface area (Å²) in [6, 6.07) is 3.49. The zero-order valence-electron chi connectivity index (χ0n) is 9.93. The lowest BCUT2D eigenvalue weighted by Gasteiger charge is -2.16. The first kappa shape index (κ1) is 13.1. The predicted molar refractivity (Wildman–Crippen MR) is 70.2 cm³/mol. The van der Waals surface area contributed by atoms with E-state index >= 15 is 0 Å². The first-order chi connectivity index (χ1) is 8.02. The highest BCUT2D eigenvalue weighted by atomic mass is 35.5. The molecule has 1 aromatic rings. The van der Waals surface area contributed by atoms with Crippen molar-refractivity contribution in [2.75, 3.05) is 0 Å². The second kappa shape index (κ2) is 5.13. The molecule has 0 spiro atoms. The Bertz CT molecular complexity index is 422. The third-order valence-corrected chi connectivity index (χ3v) is 4.03. The van der Waals surface area contributed by atoms with Gasteiger partial charge in [-0.2, -0.15) is 0 Å². The van der Waals surface area contributed by atoms with Gasteiger partial charge in [-0.25, -0.2) is 4.39 Å². The zero-order valence-corrected chi connectivity index (χ0v) is 11.4. The maximum Gasteiger partial charge on any atom is 0.142 e. The van der Waals surface area contributed by atoms with E-state index in [2.05, 4.69) is 12.2 Å². The minimum absolute atomic E-state index is 0.0517. The summed E-state index contributed by atoms with van der Waals surface area (Å²) < 4.78 is 13.4. The maximum atomic E-state index is 13.4. The molecular formula is C13H16Cl2FN. The normalized spacial score (nSPS) is 24.8. The van der Waals surface area contributed by atoms with Crippen molar-refractivity contribution < 1.29 is 4.39 Å². The minimum atomic E-state index is -0.414. The van der Waals surface area contributed by atoms with Crippen molar-refractivity contribution in [1.82, 2.24) is 5.32 Å². The quantitative estimate of drug-likeness (QED) is 0.793. The molecular weight excluding hydrogens is 260 g/mol. The third-order valence-electron chi connectivity index (χ3n) is 3.42. The van der Waals surface area contributed by atoms with Crippen LogP contribution in [0.1, 0.15) is 38.3 Å². The lowest BCUT2D eigenvalue weighted by Crippen LogP contribution is -2.22. The van der Waals surface area contributed by atoms with Crippen molar-refractivity contribution in [1.29, 1.82) is 0 Å². The van der Waals surface area contributed by atoms with Crippen LogP contribution in [0.2, 0.25) is 10.0 Å². The summed E-state index contributed by atoms with van der Waals surface area (Å²) in [5.41, 5.74) is 0.773. The van der Waals surface area contributed by atoms with Crippen LogP contribution in [-0.2, 0) is 0 Å². The maximum absolute atomic E-state index is 13.4. The molecule has 0 radical (unpaired) electrons. The van der Waals surface area contributed by atoms with Crippen LogP contribution in [0.15, 0.2) is 12.1 Å². The molecule has 4 heteroatoms. The fourth-order valence-corrected chi connectivity index (χ4v) is 2.73. The minimum Gasteiger partial charge on any atom is -0.307 e. The van der Waals surface area contributed by atoms with Gasteiger partial charge < -0.3 is 5.32 Å². The van der Waals surface area contributed by atoms with E-state index < -0.39 is 5.82 Å². The highest BCUT2D eigenvalue weighted by Gasteiger charge is 2.36. The number of nitrogens with one attached hydrogen (secondary N) is 1. The summed E-state index contributed by atoms with van der Waals surface area (Å²) in [4.78, 5) is 0. The number of hydrogen-bond acceptors (Lipinski definition) is 1. The van der Waals surface area contributed by atoms with E-state index in [1.807, 2.05) is 6.92 Å². The standard InChI is InChI=1S/C13H16Cl2FN/c1-3-8-4-13(8)17-7(2)9-5-12(16)11(15)6-10(9)14/h5-8,13,17H,3-4H2,1-2H3. The van der Waals surface area contributed by atoms with Gasteiger partial charge in [-0.3, -0.25) is 0 Å². The van der Waals surface area contributed by atoms with Crippen LogP contribution < -0.4 is 5.32 Å². The molecule has 17 heavy (non-hydrogen) atoms. The van der Waals surface area contributed by atoms with Crippen molar-refractivity contribution in [2.45, 2.75) is 38.8 Å². The fraction of sp³-hybridized carbons (Fsp3) is 0.538. The summed E-state index contributed by atoms with van der Waals surface area (Å²) in [6.45, 7) is 4.19. The molecule has 2 rings (SSSR count). The van der Waals surface area contributed by atoms with Gasteiger partial charge in [0.15, 0.2) is 0 Å². The van der Waals surface area contributed by atoms with Gasteiger partial charge in [0, 0.05) is 17.1 Å². The second-order valence-corrected chi connectivity index (χ2v) is 5.50. The molecule has 3 unspecified atom stereocenters. The van der Waals surface area contributed by atoms with E-state index in [-0.39, 0.29) is 11.1 Å². The van der Waals surface area contributed by atoms with Crippen LogP contribution >= 0.6 is 23.2 Å². The molecule has 1 nitrogen and oxygen atoms in total. The van der Waals surface area contributed by atoms with E-state index in [0.717, 1.165) is 11.5 Å². The monoisotopic (exact) mass is 275 g/mol. The van der Waals surface area contributed by atoms with Gasteiger partial charge in [-0.05, 0) is 37.0 Å². The summed E-state index contributed by atoms with van der Waals surface area (Å²) in [7, 11) is 0. The summed E-state index contributed by atoms with van der Waals surface area (Å²) in [6.07, 6.45) is 2.39. The Kier molecular flexibility index (Phi) is 3.96. The van der Waals surface area contributed by atoms with E-state index in [0.29, 0.717) is 11.1 Å². The first-order valence-electron chi connectivity index (χ1n) is 5.93. The van der Waals surface area contributed by atoms with Gasteiger partial charge >= 0.3 is 0 Å². The highest BCUT2D eigenvalue weighted by molar-refractivity contribution is 6.35. The van der Waals surface area contributed by atoms with Gasteiger partial charge in [0.2, 0.25) is 0 Å². The van der Waals surface area contributed by atoms with E-state index in [1.54, 1.807) is 0 Å². The predicted octanol–water partition coefficient (Wildman–Crippen LogP) is 4.58. The van der Waals surface area contributed by atoms with Crippen molar-refractivity contribution in [3.8, 4) is 0 Å². The Balaban J connectivity index is 2.08. The van der Waals surface area contributed by atoms with E-state index in [9.17, 15) is 4.39 Å². The summed E-state index contributed by atoms with van der Waals surface area (Å²) in [5, 5.41) is 4.06. The molecule has 1 aliphatic rings. The molecule has 1 aliphatic carbocycles. The third kappa shape index (κ3) is 2.93. The Labute approximate surface area is 111 Å². The van der Waals surface area contributed by atoms with E-state index in [4.69, 9.17) is 23.2 Å². The fourth-order valence-electron chi connectivity index (χ4n) is 2.18. The van der Waals surface area contributed by atoms with Crippen molar-refractivity contribution in [3.63, 3.8) is 0 Å². The number of halogens is 3. The largest absolute Gasteiger partial charge is 0.307 e. The van der Waals surface area contributed by atoms with Gasteiger partial charge in [0.1, 0.15) is 5.82 Å². The number of benzene rings is 1. The van der Waals surface area contributed by atoms with Gasteiger partial charge in [0.25, 0.3) is 0 Å². The Morgan fingerprint density at radius 3 is 2.71 bits per heavy atom. The molecule has 1 fully saturated rings. The molecule has 1 N–H and O–H groups in total. The average Bonchev–Trinajstić information content (AvgIpc) is 3.01. The Hall–Kier alpha value is -0.310. The summed E-state index contributed by atoms with van der Waals surface area (Å²) in [5.74, 6) is 0.343. The molecule has 0 aliphatic heterocycles. The van der Waals surface area contributed by atoms with Gasteiger partial charge in [0.05, 0.1) is 5.02 Å². The molecule has 0 amide bonds. The smallest absolute Gasteiger partial charge is 0.142 e. The molecule has 1 saturated carbocycles. The van der Waals surface area contributed by atoms with Crippen LogP contribution in [0.4, 0.5) is 4.39 Å². The first-order valence-corrected chi connectivity index (χ1v) is 6.69. The van der Waals surface area contributed by atoms with Gasteiger partial charge in [-0.15, -0.1) is 0 Å². The van der Waals surface area contributed by atoms with Crippen LogP contribution in [-0.4, -0.2) is 6.04 Å². The average molecular weight is 276 g/mol. The van der Waals surface area contributed by atoms with Crippen LogP contribution in [0.5, 0.6) is 0 Å². The molecule has 0 aromatic heterocycles. The summed E-state index contributed by atoms with van der Waals surface area (Å²) >= 11 is 11.8. The van der Waals surface area contributed by atoms with Crippen molar-refractivity contribution in [3.05, 3.63) is 33.6 Å². The number of hydrogen-bond donors (Lipinski definition) is 1. The Morgan fingerprint density at radius 1 is 1.41 bits per heavy atom. The van der Waals surface area contributed by atoms with Crippen molar-refractivity contribution in [2.24, 2.45) is 5.92 Å². The highest BCUT2D eigenvalue weighted by Crippen LogP contribution is 2.36. The molecule has 0 heterocycles. The van der Waals surface area contributed by atoms with Crippen molar-refractivity contribution >= 4 is 23.2 Å². The van der Waals surface area contributed by atoms with Crippen LogP contribution in [0.3, 0.4) is 0 Å². The molecule has 0 saturated heterocycles. The molecule has 1 aromatic carbocycles. The topological polar surface area (TPSA) is 12.0 Å². The second-order valence-electron chi connectivity index (χ2n) is 4.69.